The number of likely N-dealkylation sites (N-methyl/N-ethyl adjacent to an activating group) is 2. The van der Waals surface area contributed by atoms with Gasteiger partial charge >= 0.3 is 0 Å². The van der Waals surface area contributed by atoms with Gasteiger partial charge in [-0.25, -0.2) is 0 Å². The summed E-state index contributed by atoms with van der Waals surface area (Å²) >= 11 is 0. The van der Waals surface area contributed by atoms with Crippen LogP contribution in [0.1, 0.15) is 6.92 Å². The Bertz CT molecular complexity index is 172. The highest BCUT2D eigenvalue weighted by Gasteiger charge is 2.10. The van der Waals surface area contributed by atoms with E-state index in [-0.39, 0.29) is 0 Å². The van der Waals surface area contributed by atoms with Crippen LogP contribution in [0.25, 0.3) is 0 Å². The number of hydrogen-bond acceptors (Lipinski definition) is 4. The van der Waals surface area contributed by atoms with E-state index in [1.165, 1.54) is 6.54 Å². The van der Waals surface area contributed by atoms with Crippen LogP contribution in [0.5, 0.6) is 0 Å². The Morgan fingerprint density at radius 2 is 1.62 bits per heavy atom. The lowest BCUT2D eigenvalue weighted by Gasteiger charge is -2.29. The van der Waals surface area contributed by atoms with Crippen molar-refractivity contribution in [1.82, 2.24) is 14.7 Å². The quantitative estimate of drug-likeness (QED) is 0.621. The molecular formula is C12H27N3O. The highest BCUT2D eigenvalue weighted by atomic mass is 16.5. The minimum Gasteiger partial charge on any atom is -0.379 e. The topological polar surface area (TPSA) is 19.0 Å². The van der Waals surface area contributed by atoms with Gasteiger partial charge in [-0.1, -0.05) is 6.92 Å². The largest absolute Gasteiger partial charge is 0.379 e. The van der Waals surface area contributed by atoms with Gasteiger partial charge in [0, 0.05) is 39.3 Å². The van der Waals surface area contributed by atoms with Crippen LogP contribution in [0.15, 0.2) is 0 Å². The second-order valence-corrected chi connectivity index (χ2v) is 4.65. The molecule has 0 unspecified atom stereocenters. The predicted octanol–water partition coefficient (Wildman–Crippen LogP) is 0.202. The predicted molar refractivity (Wildman–Crippen MR) is 67.9 cm³/mol. The molecule has 0 N–H and O–H groups in total. The van der Waals surface area contributed by atoms with Gasteiger partial charge in [0.05, 0.1) is 13.2 Å². The molecule has 0 bridgehead atoms. The lowest BCUT2D eigenvalue weighted by molar-refractivity contribution is 0.0342. The molecule has 16 heavy (non-hydrogen) atoms. The van der Waals surface area contributed by atoms with E-state index in [1.807, 2.05) is 0 Å². The Hall–Kier alpha value is -0.160. The van der Waals surface area contributed by atoms with Gasteiger partial charge in [-0.3, -0.25) is 4.90 Å². The van der Waals surface area contributed by atoms with Crippen LogP contribution in [-0.4, -0.2) is 87.8 Å². The van der Waals surface area contributed by atoms with Gasteiger partial charge in [0.1, 0.15) is 0 Å². The molecule has 4 nitrogen and oxygen atoms in total. The van der Waals surface area contributed by atoms with Gasteiger partial charge < -0.3 is 14.5 Å². The molecule has 1 fully saturated rings. The zero-order valence-corrected chi connectivity index (χ0v) is 11.1. The van der Waals surface area contributed by atoms with E-state index in [4.69, 9.17) is 4.74 Å². The summed E-state index contributed by atoms with van der Waals surface area (Å²) in [6.07, 6.45) is 0. The summed E-state index contributed by atoms with van der Waals surface area (Å²) in [7, 11) is 4.39. The van der Waals surface area contributed by atoms with Crippen molar-refractivity contribution in [3.05, 3.63) is 0 Å². The van der Waals surface area contributed by atoms with E-state index in [9.17, 15) is 0 Å². The first-order chi connectivity index (χ1) is 7.72. The van der Waals surface area contributed by atoms with E-state index >= 15 is 0 Å². The second-order valence-electron chi connectivity index (χ2n) is 4.65. The van der Waals surface area contributed by atoms with Crippen molar-refractivity contribution in [2.24, 2.45) is 0 Å². The number of hydrogen-bond donors (Lipinski definition) is 0. The third kappa shape index (κ3) is 5.80. The maximum absolute atomic E-state index is 5.34. The van der Waals surface area contributed by atoms with Crippen molar-refractivity contribution in [1.29, 1.82) is 0 Å². The van der Waals surface area contributed by atoms with Crippen LogP contribution in [0.3, 0.4) is 0 Å². The molecule has 0 radical (unpaired) electrons. The monoisotopic (exact) mass is 229 g/mol. The molecule has 1 aliphatic heterocycles. The molecule has 0 amide bonds. The molecule has 0 atom stereocenters. The van der Waals surface area contributed by atoms with Crippen LogP contribution in [0, 0.1) is 0 Å². The zero-order valence-electron chi connectivity index (χ0n) is 11.1. The normalized spacial score (nSPS) is 18.6. The van der Waals surface area contributed by atoms with Crippen LogP contribution in [0.4, 0.5) is 0 Å². The third-order valence-electron chi connectivity index (χ3n) is 3.30. The first-order valence-electron chi connectivity index (χ1n) is 6.39. The van der Waals surface area contributed by atoms with E-state index in [0.717, 1.165) is 52.5 Å². The first-order valence-corrected chi connectivity index (χ1v) is 6.39. The summed E-state index contributed by atoms with van der Waals surface area (Å²) < 4.78 is 5.34. The van der Waals surface area contributed by atoms with Crippen LogP contribution >= 0.6 is 0 Å². The maximum Gasteiger partial charge on any atom is 0.0594 e. The summed E-state index contributed by atoms with van der Waals surface area (Å²) in [6.45, 7) is 12.0. The first kappa shape index (κ1) is 13.9. The number of ether oxygens (including phenoxy) is 1. The summed E-state index contributed by atoms with van der Waals surface area (Å²) in [5.74, 6) is 0. The minimum absolute atomic E-state index is 0.905. The fraction of sp³-hybridized carbons (Fsp3) is 1.00. The van der Waals surface area contributed by atoms with Crippen LogP contribution in [0.2, 0.25) is 0 Å². The Morgan fingerprint density at radius 1 is 1.00 bits per heavy atom. The Kier molecular flexibility index (Phi) is 6.96. The van der Waals surface area contributed by atoms with Gasteiger partial charge in [-0.2, -0.15) is 0 Å². The lowest BCUT2D eigenvalue weighted by atomic mass is 10.4. The van der Waals surface area contributed by atoms with Crippen LogP contribution < -0.4 is 0 Å². The summed E-state index contributed by atoms with van der Waals surface area (Å²) in [4.78, 5) is 7.26. The molecule has 96 valence electrons. The highest BCUT2D eigenvalue weighted by Crippen LogP contribution is 1.96. The van der Waals surface area contributed by atoms with Gasteiger partial charge in [-0.15, -0.1) is 0 Å². The van der Waals surface area contributed by atoms with Crippen molar-refractivity contribution >= 4 is 0 Å². The lowest BCUT2D eigenvalue weighted by Crippen LogP contribution is -2.41. The molecule has 0 aromatic carbocycles. The van der Waals surface area contributed by atoms with E-state index in [0.29, 0.717) is 0 Å². The van der Waals surface area contributed by atoms with E-state index < -0.39 is 0 Å². The smallest absolute Gasteiger partial charge is 0.0594 e. The summed E-state index contributed by atoms with van der Waals surface area (Å²) in [5.41, 5.74) is 0. The highest BCUT2D eigenvalue weighted by molar-refractivity contribution is 4.64. The average Bonchev–Trinajstić information content (AvgIpc) is 2.34. The fourth-order valence-corrected chi connectivity index (χ4v) is 1.75. The molecule has 1 saturated heterocycles. The standard InChI is InChI=1S/C12H27N3O/c1-4-13(2)5-6-14(3)7-8-15-9-11-16-12-10-15/h4-12H2,1-3H3. The van der Waals surface area contributed by atoms with Crippen molar-refractivity contribution in [2.45, 2.75) is 6.92 Å². The van der Waals surface area contributed by atoms with Crippen molar-refractivity contribution in [2.75, 3.05) is 73.1 Å². The SMILES string of the molecule is CCN(C)CCN(C)CCN1CCOCC1. The van der Waals surface area contributed by atoms with Crippen molar-refractivity contribution in [3.8, 4) is 0 Å². The molecule has 0 spiro atoms. The molecule has 0 saturated carbocycles. The van der Waals surface area contributed by atoms with Gasteiger partial charge in [0.2, 0.25) is 0 Å². The number of rotatable bonds is 7. The molecule has 1 heterocycles. The molecule has 0 aromatic rings. The maximum atomic E-state index is 5.34. The van der Waals surface area contributed by atoms with Crippen molar-refractivity contribution < 1.29 is 4.74 Å². The van der Waals surface area contributed by atoms with Crippen LogP contribution in [-0.2, 0) is 4.74 Å². The molecule has 1 rings (SSSR count). The van der Waals surface area contributed by atoms with Gasteiger partial charge in [0.15, 0.2) is 0 Å². The summed E-state index contributed by atoms with van der Waals surface area (Å²) in [6, 6.07) is 0. The average molecular weight is 229 g/mol. The fourth-order valence-electron chi connectivity index (χ4n) is 1.75. The molecule has 0 aromatic heterocycles. The summed E-state index contributed by atoms with van der Waals surface area (Å²) in [5, 5.41) is 0. The second kappa shape index (κ2) is 8.01. The Balaban J connectivity index is 2.02. The minimum atomic E-state index is 0.905. The molecule has 0 aliphatic carbocycles. The Morgan fingerprint density at radius 3 is 2.25 bits per heavy atom. The Labute approximate surface area is 100 Å². The zero-order chi connectivity index (χ0) is 11.8. The van der Waals surface area contributed by atoms with E-state index in [1.54, 1.807) is 0 Å². The third-order valence-corrected chi connectivity index (χ3v) is 3.30. The number of nitrogens with zero attached hydrogens (tertiary/aromatic N) is 3. The molecule has 4 heteroatoms. The molecule has 1 aliphatic rings. The van der Waals surface area contributed by atoms with E-state index in [2.05, 4.69) is 35.7 Å². The van der Waals surface area contributed by atoms with Gasteiger partial charge in [-0.05, 0) is 20.6 Å². The van der Waals surface area contributed by atoms with Gasteiger partial charge in [0.25, 0.3) is 0 Å². The molecular weight excluding hydrogens is 202 g/mol. The van der Waals surface area contributed by atoms with Crippen molar-refractivity contribution in [3.63, 3.8) is 0 Å². The number of morpholine rings is 1.